The van der Waals surface area contributed by atoms with Gasteiger partial charge in [-0.05, 0) is 20.9 Å². The van der Waals surface area contributed by atoms with Crippen molar-refractivity contribution in [2.45, 2.75) is 26.9 Å². The minimum absolute atomic E-state index is 0.0255. The zero-order valence-corrected chi connectivity index (χ0v) is 9.58. The van der Waals surface area contributed by atoms with E-state index in [1.807, 2.05) is 13.8 Å². The number of nitrogens with zero attached hydrogens (tertiary/aromatic N) is 1. The molecule has 1 aliphatic heterocycles. The second kappa shape index (κ2) is 7.76. The Labute approximate surface area is 86.2 Å². The number of ether oxygens (including phenoxy) is 2. The van der Waals surface area contributed by atoms with Gasteiger partial charge in [0.25, 0.3) is 0 Å². The van der Waals surface area contributed by atoms with Gasteiger partial charge < -0.3 is 14.4 Å². The first kappa shape index (κ1) is 13.4. The molecule has 0 aromatic carbocycles. The molecule has 4 heteroatoms. The molecule has 0 spiro atoms. The molecule has 1 fully saturated rings. The third kappa shape index (κ3) is 9.48. The van der Waals surface area contributed by atoms with E-state index in [9.17, 15) is 4.79 Å². The molecular formula is C10H21NO3. The first-order valence-electron chi connectivity index (χ1n) is 4.96. The van der Waals surface area contributed by atoms with E-state index in [0.717, 1.165) is 26.3 Å². The average Bonchev–Trinajstić information content (AvgIpc) is 2.03. The molecule has 1 saturated heterocycles. The highest BCUT2D eigenvalue weighted by Gasteiger charge is 2.02. The number of rotatable bonds is 1. The van der Waals surface area contributed by atoms with E-state index in [4.69, 9.17) is 4.74 Å². The van der Waals surface area contributed by atoms with Gasteiger partial charge in [0.2, 0.25) is 0 Å². The normalized spacial score (nSPS) is 17.2. The maximum absolute atomic E-state index is 10.0. The molecule has 0 aromatic heterocycles. The Hall–Kier alpha value is -0.610. The van der Waals surface area contributed by atoms with E-state index < -0.39 is 0 Å². The summed E-state index contributed by atoms with van der Waals surface area (Å²) in [6.45, 7) is 9.07. The van der Waals surface area contributed by atoms with Gasteiger partial charge in [0.15, 0.2) is 0 Å². The van der Waals surface area contributed by atoms with E-state index in [1.54, 1.807) is 0 Å². The Bertz CT molecular complexity index is 153. The lowest BCUT2D eigenvalue weighted by atomic mass is 10.5. The van der Waals surface area contributed by atoms with Crippen LogP contribution in [0, 0.1) is 0 Å². The monoisotopic (exact) mass is 203 g/mol. The topological polar surface area (TPSA) is 38.8 Å². The molecule has 1 heterocycles. The number of hydrogen-bond acceptors (Lipinski definition) is 4. The molecule has 4 nitrogen and oxygen atoms in total. The summed E-state index contributed by atoms with van der Waals surface area (Å²) in [6, 6.07) is 0. The maximum Gasteiger partial charge on any atom is 0.302 e. The number of carbonyl (C=O) groups excluding carboxylic acids is 1. The van der Waals surface area contributed by atoms with Gasteiger partial charge in [0.05, 0.1) is 19.3 Å². The highest BCUT2D eigenvalue weighted by atomic mass is 16.5. The van der Waals surface area contributed by atoms with Gasteiger partial charge in [0.1, 0.15) is 0 Å². The summed E-state index contributed by atoms with van der Waals surface area (Å²) in [6.07, 6.45) is 0.0255. The largest absolute Gasteiger partial charge is 0.463 e. The molecule has 0 radical (unpaired) electrons. The molecular weight excluding hydrogens is 182 g/mol. The van der Waals surface area contributed by atoms with Crippen LogP contribution >= 0.6 is 0 Å². The molecule has 0 saturated carbocycles. The van der Waals surface area contributed by atoms with Crippen molar-refractivity contribution in [3.05, 3.63) is 0 Å². The van der Waals surface area contributed by atoms with Crippen molar-refractivity contribution in [2.24, 2.45) is 0 Å². The number of morpholine rings is 1. The van der Waals surface area contributed by atoms with Crippen molar-refractivity contribution in [2.75, 3.05) is 33.4 Å². The van der Waals surface area contributed by atoms with Gasteiger partial charge in [-0.3, -0.25) is 4.79 Å². The van der Waals surface area contributed by atoms with Crippen LogP contribution in [0.15, 0.2) is 0 Å². The quantitative estimate of drug-likeness (QED) is 0.594. The van der Waals surface area contributed by atoms with Gasteiger partial charge >= 0.3 is 5.97 Å². The van der Waals surface area contributed by atoms with Crippen molar-refractivity contribution in [1.82, 2.24) is 4.90 Å². The third-order valence-electron chi connectivity index (χ3n) is 1.64. The minimum atomic E-state index is -0.213. The predicted octanol–water partition coefficient (Wildman–Crippen LogP) is 0.906. The van der Waals surface area contributed by atoms with Crippen LogP contribution in [-0.2, 0) is 14.3 Å². The van der Waals surface area contributed by atoms with Crippen LogP contribution in [0.1, 0.15) is 20.8 Å². The van der Waals surface area contributed by atoms with Crippen LogP contribution in [0.2, 0.25) is 0 Å². The summed E-state index contributed by atoms with van der Waals surface area (Å²) in [5.41, 5.74) is 0. The first-order valence-corrected chi connectivity index (χ1v) is 4.96. The van der Waals surface area contributed by atoms with Crippen molar-refractivity contribution in [3.63, 3.8) is 0 Å². The first-order chi connectivity index (χ1) is 6.52. The number of likely N-dealkylation sites (N-methyl/N-ethyl adjacent to an activating group) is 1. The fourth-order valence-electron chi connectivity index (χ4n) is 0.987. The molecule has 0 unspecified atom stereocenters. The smallest absolute Gasteiger partial charge is 0.302 e. The molecule has 1 aliphatic rings. The van der Waals surface area contributed by atoms with Crippen LogP contribution in [0.3, 0.4) is 0 Å². The summed E-state index contributed by atoms with van der Waals surface area (Å²) in [4.78, 5) is 12.3. The zero-order valence-electron chi connectivity index (χ0n) is 9.58. The second-order valence-corrected chi connectivity index (χ2v) is 3.57. The zero-order chi connectivity index (χ0) is 11.0. The van der Waals surface area contributed by atoms with Gasteiger partial charge in [-0.2, -0.15) is 0 Å². The lowest BCUT2D eigenvalue weighted by Gasteiger charge is -2.21. The lowest BCUT2D eigenvalue weighted by molar-refractivity contribution is -0.144. The van der Waals surface area contributed by atoms with E-state index in [2.05, 4.69) is 16.7 Å². The molecule has 14 heavy (non-hydrogen) atoms. The lowest BCUT2D eigenvalue weighted by Crippen LogP contribution is -2.32. The Morgan fingerprint density at radius 3 is 2.00 bits per heavy atom. The minimum Gasteiger partial charge on any atom is -0.463 e. The van der Waals surface area contributed by atoms with Crippen LogP contribution < -0.4 is 0 Å². The Morgan fingerprint density at radius 2 is 1.86 bits per heavy atom. The second-order valence-electron chi connectivity index (χ2n) is 3.57. The Morgan fingerprint density at radius 1 is 1.36 bits per heavy atom. The fraction of sp³-hybridized carbons (Fsp3) is 0.900. The van der Waals surface area contributed by atoms with E-state index in [0.29, 0.717) is 0 Å². The number of hydrogen-bond donors (Lipinski definition) is 0. The summed E-state index contributed by atoms with van der Waals surface area (Å²) < 4.78 is 9.71. The predicted molar refractivity (Wildman–Crippen MR) is 55.2 cm³/mol. The molecule has 0 N–H and O–H groups in total. The van der Waals surface area contributed by atoms with Gasteiger partial charge in [-0.15, -0.1) is 0 Å². The number of carbonyl (C=O) groups is 1. The molecule has 0 bridgehead atoms. The average molecular weight is 203 g/mol. The van der Waals surface area contributed by atoms with Crippen molar-refractivity contribution < 1.29 is 14.3 Å². The summed E-state index contributed by atoms with van der Waals surface area (Å²) in [7, 11) is 2.11. The molecule has 0 aliphatic carbocycles. The van der Waals surface area contributed by atoms with Gasteiger partial charge in [-0.1, -0.05) is 0 Å². The standard InChI is InChI=1S/C5H11NO.C5H10O2/c1-6-2-4-7-5-3-6;1-4(2)7-5(3)6/h2-5H2,1H3;4H,1-3H3. The molecule has 1 rings (SSSR count). The molecule has 84 valence electrons. The fourth-order valence-corrected chi connectivity index (χ4v) is 0.987. The van der Waals surface area contributed by atoms with Crippen LogP contribution in [0.25, 0.3) is 0 Å². The van der Waals surface area contributed by atoms with Crippen LogP contribution in [0.5, 0.6) is 0 Å². The summed E-state index contributed by atoms with van der Waals surface area (Å²) in [5.74, 6) is -0.213. The van der Waals surface area contributed by atoms with Gasteiger partial charge in [0, 0.05) is 20.0 Å². The van der Waals surface area contributed by atoms with Crippen molar-refractivity contribution >= 4 is 5.97 Å². The summed E-state index contributed by atoms with van der Waals surface area (Å²) >= 11 is 0. The van der Waals surface area contributed by atoms with E-state index in [-0.39, 0.29) is 12.1 Å². The van der Waals surface area contributed by atoms with Crippen molar-refractivity contribution in [3.8, 4) is 0 Å². The van der Waals surface area contributed by atoms with Crippen LogP contribution in [0.4, 0.5) is 0 Å². The summed E-state index contributed by atoms with van der Waals surface area (Å²) in [5, 5.41) is 0. The third-order valence-corrected chi connectivity index (χ3v) is 1.64. The Balaban J connectivity index is 0.000000241. The van der Waals surface area contributed by atoms with E-state index in [1.165, 1.54) is 6.92 Å². The van der Waals surface area contributed by atoms with E-state index >= 15 is 0 Å². The Kier molecular flexibility index (Phi) is 7.42. The number of esters is 1. The highest BCUT2D eigenvalue weighted by Crippen LogP contribution is 1.89. The van der Waals surface area contributed by atoms with Gasteiger partial charge in [-0.25, -0.2) is 0 Å². The van der Waals surface area contributed by atoms with Crippen LogP contribution in [-0.4, -0.2) is 50.3 Å². The highest BCUT2D eigenvalue weighted by molar-refractivity contribution is 5.66. The molecule has 0 aromatic rings. The maximum atomic E-state index is 10.0. The van der Waals surface area contributed by atoms with Crippen molar-refractivity contribution in [1.29, 1.82) is 0 Å². The SMILES string of the molecule is CC(=O)OC(C)C.CN1CCOCC1. The molecule has 0 amide bonds. The molecule has 0 atom stereocenters.